The molecule has 124 valence electrons. The van der Waals surface area contributed by atoms with E-state index in [0.29, 0.717) is 31.6 Å². The van der Waals surface area contributed by atoms with Crippen molar-refractivity contribution in [2.45, 2.75) is 26.2 Å². The number of carbonyl (C=O) groups excluding carboxylic acids is 1. The van der Waals surface area contributed by atoms with Gasteiger partial charge in [0.05, 0.1) is 0 Å². The molecule has 0 radical (unpaired) electrons. The highest BCUT2D eigenvalue weighted by Crippen LogP contribution is 2.12. The lowest BCUT2D eigenvalue weighted by Gasteiger charge is -2.02. The van der Waals surface area contributed by atoms with Crippen LogP contribution in [-0.4, -0.2) is 32.6 Å². The molecule has 0 fully saturated rings. The maximum atomic E-state index is 11.8. The van der Waals surface area contributed by atoms with Crippen molar-refractivity contribution in [3.05, 3.63) is 54.0 Å². The minimum Gasteiger partial charge on any atom is -0.466 e. The molecule has 2 N–H and O–H groups in total. The number of rotatable bonds is 7. The van der Waals surface area contributed by atoms with E-state index in [1.165, 1.54) is 0 Å². The number of pyridine rings is 1. The molecular weight excluding hydrogens is 306 g/mol. The Hall–Kier alpha value is -2.96. The standard InChI is InChI=1S/C17H19N5O2/c1-12-2-3-14(24-12)4-5-16(23)19-11-8-15-20-17(22-21-15)13-6-9-18-10-7-13/h2-3,6-7,9-10H,4-5,8,11H2,1H3,(H,19,23)(H,20,21,22). The average Bonchev–Trinajstić information content (AvgIpc) is 3.23. The summed E-state index contributed by atoms with van der Waals surface area (Å²) in [6, 6.07) is 7.51. The molecule has 7 nitrogen and oxygen atoms in total. The minimum atomic E-state index is -0.00192. The lowest BCUT2D eigenvalue weighted by Crippen LogP contribution is -2.26. The van der Waals surface area contributed by atoms with Gasteiger partial charge in [-0.2, -0.15) is 5.10 Å². The van der Waals surface area contributed by atoms with Crippen molar-refractivity contribution in [3.8, 4) is 11.4 Å². The molecule has 0 spiro atoms. The average molecular weight is 325 g/mol. The van der Waals surface area contributed by atoms with Crippen LogP contribution in [0.15, 0.2) is 41.1 Å². The van der Waals surface area contributed by atoms with Crippen molar-refractivity contribution in [1.29, 1.82) is 0 Å². The van der Waals surface area contributed by atoms with E-state index in [-0.39, 0.29) is 5.91 Å². The third-order valence-electron chi connectivity index (χ3n) is 3.55. The van der Waals surface area contributed by atoms with Crippen LogP contribution in [0.1, 0.15) is 23.8 Å². The monoisotopic (exact) mass is 325 g/mol. The van der Waals surface area contributed by atoms with Gasteiger partial charge in [-0.1, -0.05) is 0 Å². The Morgan fingerprint density at radius 2 is 2.04 bits per heavy atom. The summed E-state index contributed by atoms with van der Waals surface area (Å²) in [6.07, 6.45) is 5.02. The molecule has 24 heavy (non-hydrogen) atoms. The molecule has 0 saturated carbocycles. The number of aromatic amines is 1. The van der Waals surface area contributed by atoms with Gasteiger partial charge >= 0.3 is 0 Å². The second-order valence-corrected chi connectivity index (χ2v) is 5.45. The Morgan fingerprint density at radius 3 is 2.79 bits per heavy atom. The van der Waals surface area contributed by atoms with Gasteiger partial charge in [0.1, 0.15) is 17.3 Å². The molecule has 0 aliphatic heterocycles. The van der Waals surface area contributed by atoms with Gasteiger partial charge < -0.3 is 9.73 Å². The summed E-state index contributed by atoms with van der Waals surface area (Å²) >= 11 is 0. The number of carbonyl (C=O) groups is 1. The molecule has 0 saturated heterocycles. The molecule has 7 heteroatoms. The fourth-order valence-corrected chi connectivity index (χ4v) is 2.30. The van der Waals surface area contributed by atoms with Crippen molar-refractivity contribution in [2.24, 2.45) is 0 Å². The number of hydrogen-bond acceptors (Lipinski definition) is 5. The fourth-order valence-electron chi connectivity index (χ4n) is 2.30. The zero-order valence-corrected chi connectivity index (χ0v) is 13.5. The zero-order valence-electron chi connectivity index (χ0n) is 13.5. The molecule has 0 aliphatic rings. The number of furan rings is 1. The molecule has 0 aromatic carbocycles. The lowest BCUT2D eigenvalue weighted by molar-refractivity contribution is -0.121. The molecule has 1 amide bonds. The highest BCUT2D eigenvalue weighted by Gasteiger charge is 2.07. The van der Waals surface area contributed by atoms with Crippen LogP contribution in [0.2, 0.25) is 0 Å². The summed E-state index contributed by atoms with van der Waals surface area (Å²) in [5.74, 6) is 3.06. The van der Waals surface area contributed by atoms with E-state index < -0.39 is 0 Å². The van der Waals surface area contributed by atoms with Gasteiger partial charge in [0.15, 0.2) is 5.82 Å². The summed E-state index contributed by atoms with van der Waals surface area (Å²) in [7, 11) is 0. The van der Waals surface area contributed by atoms with Crippen LogP contribution in [0, 0.1) is 6.92 Å². The number of amides is 1. The summed E-state index contributed by atoms with van der Waals surface area (Å²) in [5, 5.41) is 9.94. The Morgan fingerprint density at radius 1 is 1.21 bits per heavy atom. The summed E-state index contributed by atoms with van der Waals surface area (Å²) < 4.78 is 5.44. The highest BCUT2D eigenvalue weighted by atomic mass is 16.3. The van der Waals surface area contributed by atoms with Crippen LogP contribution in [-0.2, 0) is 17.6 Å². The van der Waals surface area contributed by atoms with Gasteiger partial charge in [0.25, 0.3) is 0 Å². The van der Waals surface area contributed by atoms with E-state index in [1.807, 2.05) is 31.2 Å². The number of aromatic nitrogens is 4. The minimum absolute atomic E-state index is 0.00192. The Labute approximate surface area is 139 Å². The second kappa shape index (κ2) is 7.54. The first kappa shape index (κ1) is 15.9. The molecule has 3 aromatic heterocycles. The molecule has 0 unspecified atom stereocenters. The van der Waals surface area contributed by atoms with Gasteiger partial charge in [-0.05, 0) is 31.2 Å². The van der Waals surface area contributed by atoms with Crippen molar-refractivity contribution >= 4 is 5.91 Å². The maximum absolute atomic E-state index is 11.8. The van der Waals surface area contributed by atoms with Crippen LogP contribution < -0.4 is 5.32 Å². The first-order chi connectivity index (χ1) is 11.7. The predicted molar refractivity (Wildman–Crippen MR) is 88.1 cm³/mol. The summed E-state index contributed by atoms with van der Waals surface area (Å²) in [6.45, 7) is 2.40. The van der Waals surface area contributed by atoms with E-state index in [0.717, 1.165) is 22.9 Å². The SMILES string of the molecule is Cc1ccc(CCC(=O)NCCc2nc(-c3ccncc3)n[nH]2)o1. The van der Waals surface area contributed by atoms with E-state index in [9.17, 15) is 4.79 Å². The Bertz CT molecular complexity index is 794. The van der Waals surface area contributed by atoms with Crippen LogP contribution in [0.25, 0.3) is 11.4 Å². The topological polar surface area (TPSA) is 96.7 Å². The number of nitrogens with zero attached hydrogens (tertiary/aromatic N) is 3. The zero-order chi connectivity index (χ0) is 16.8. The van der Waals surface area contributed by atoms with E-state index in [1.54, 1.807) is 12.4 Å². The maximum Gasteiger partial charge on any atom is 0.220 e. The van der Waals surface area contributed by atoms with Crippen molar-refractivity contribution in [3.63, 3.8) is 0 Å². The molecule has 3 heterocycles. The van der Waals surface area contributed by atoms with Gasteiger partial charge in [-0.3, -0.25) is 14.9 Å². The van der Waals surface area contributed by atoms with Gasteiger partial charge in [-0.25, -0.2) is 4.98 Å². The third kappa shape index (κ3) is 4.28. The van der Waals surface area contributed by atoms with Crippen molar-refractivity contribution < 1.29 is 9.21 Å². The third-order valence-corrected chi connectivity index (χ3v) is 3.55. The Balaban J connectivity index is 1.41. The lowest BCUT2D eigenvalue weighted by atomic mass is 10.2. The molecule has 0 bridgehead atoms. The molecule has 3 rings (SSSR count). The fraction of sp³-hybridized carbons (Fsp3) is 0.294. The van der Waals surface area contributed by atoms with E-state index >= 15 is 0 Å². The van der Waals surface area contributed by atoms with Crippen LogP contribution in [0.4, 0.5) is 0 Å². The molecule has 0 atom stereocenters. The van der Waals surface area contributed by atoms with Crippen LogP contribution in [0.5, 0.6) is 0 Å². The molecule has 0 aliphatic carbocycles. The van der Waals surface area contributed by atoms with Gasteiger partial charge in [0.2, 0.25) is 5.91 Å². The van der Waals surface area contributed by atoms with E-state index in [4.69, 9.17) is 4.42 Å². The summed E-state index contributed by atoms with van der Waals surface area (Å²) in [5.41, 5.74) is 0.908. The van der Waals surface area contributed by atoms with Crippen LogP contribution >= 0.6 is 0 Å². The van der Waals surface area contributed by atoms with Crippen molar-refractivity contribution in [1.82, 2.24) is 25.5 Å². The first-order valence-corrected chi connectivity index (χ1v) is 7.84. The number of nitrogens with one attached hydrogen (secondary N) is 2. The number of H-pyrrole nitrogens is 1. The largest absolute Gasteiger partial charge is 0.466 e. The van der Waals surface area contributed by atoms with Gasteiger partial charge in [-0.15, -0.1) is 0 Å². The van der Waals surface area contributed by atoms with E-state index in [2.05, 4.69) is 25.5 Å². The number of aryl methyl sites for hydroxylation is 2. The first-order valence-electron chi connectivity index (χ1n) is 7.84. The van der Waals surface area contributed by atoms with Crippen LogP contribution in [0.3, 0.4) is 0 Å². The summed E-state index contributed by atoms with van der Waals surface area (Å²) in [4.78, 5) is 20.2. The Kier molecular flexibility index (Phi) is 5.00. The predicted octanol–water partition coefficient (Wildman–Crippen LogP) is 2.06. The van der Waals surface area contributed by atoms with Crippen molar-refractivity contribution in [2.75, 3.05) is 6.54 Å². The quantitative estimate of drug-likeness (QED) is 0.693. The molecular formula is C17H19N5O2. The number of hydrogen-bond donors (Lipinski definition) is 2. The highest BCUT2D eigenvalue weighted by molar-refractivity contribution is 5.76. The smallest absolute Gasteiger partial charge is 0.220 e. The second-order valence-electron chi connectivity index (χ2n) is 5.45. The normalized spacial score (nSPS) is 10.7. The van der Waals surface area contributed by atoms with Gasteiger partial charge in [0, 0.05) is 43.8 Å². The molecule has 3 aromatic rings.